The molecule has 1 aliphatic rings. The van der Waals surface area contributed by atoms with Crippen molar-refractivity contribution in [2.24, 2.45) is 17.8 Å². The summed E-state index contributed by atoms with van der Waals surface area (Å²) in [5.41, 5.74) is 1.65. The Morgan fingerprint density at radius 3 is 2.23 bits per heavy atom. The fourth-order valence-electron chi connectivity index (χ4n) is 4.48. The first-order valence-electron chi connectivity index (χ1n) is 11.0. The Morgan fingerprint density at radius 1 is 1.03 bits per heavy atom. The van der Waals surface area contributed by atoms with Gasteiger partial charge in [0.05, 0.1) is 6.10 Å². The van der Waals surface area contributed by atoms with E-state index in [9.17, 15) is 9.67 Å². The number of rotatable bonds is 7. The monoisotopic (exact) mass is 429 g/mol. The minimum Gasteiger partial charge on any atom is -0.378 e. The Kier molecular flexibility index (Phi) is 7.44. The summed E-state index contributed by atoms with van der Waals surface area (Å²) in [5.74, 6) is 0.136. The lowest BCUT2D eigenvalue weighted by atomic mass is 9.75. The molecule has 0 bridgehead atoms. The third kappa shape index (κ3) is 4.99. The molecule has 1 fully saturated rings. The Morgan fingerprint density at radius 2 is 1.67 bits per heavy atom. The van der Waals surface area contributed by atoms with E-state index in [1.54, 1.807) is 0 Å². The van der Waals surface area contributed by atoms with Gasteiger partial charge in [0.15, 0.2) is 5.85 Å². The zero-order valence-electron chi connectivity index (χ0n) is 18.9. The molecule has 5 atom stereocenters. The summed E-state index contributed by atoms with van der Waals surface area (Å²) in [5, 5.41) is 11.9. The van der Waals surface area contributed by atoms with Crippen molar-refractivity contribution in [1.29, 1.82) is 0 Å². The van der Waals surface area contributed by atoms with Gasteiger partial charge in [-0.1, -0.05) is 57.5 Å². The van der Waals surface area contributed by atoms with Crippen LogP contribution >= 0.6 is 7.37 Å². The molecule has 5 heteroatoms. The van der Waals surface area contributed by atoms with E-state index >= 15 is 0 Å². The van der Waals surface area contributed by atoms with Gasteiger partial charge in [-0.3, -0.25) is 4.57 Å². The average molecular weight is 430 g/mol. The number of nitrogens with zero attached hydrogens (tertiary/aromatic N) is 1. The van der Waals surface area contributed by atoms with Crippen LogP contribution in [0.25, 0.3) is 0 Å². The molecule has 0 spiro atoms. The van der Waals surface area contributed by atoms with Crippen molar-refractivity contribution in [3.05, 3.63) is 60.2 Å². The summed E-state index contributed by atoms with van der Waals surface area (Å²) in [4.78, 5) is 2.00. The van der Waals surface area contributed by atoms with Crippen molar-refractivity contribution >= 4 is 18.4 Å². The van der Waals surface area contributed by atoms with Crippen LogP contribution in [0.5, 0.6) is 0 Å². The highest BCUT2D eigenvalue weighted by Gasteiger charge is 2.42. The van der Waals surface area contributed by atoms with Gasteiger partial charge in [0.25, 0.3) is 7.37 Å². The normalized spacial score (nSPS) is 25.0. The second kappa shape index (κ2) is 9.68. The number of anilines is 1. The molecule has 0 amide bonds. The molecule has 1 N–H and O–H groups in total. The smallest absolute Gasteiger partial charge is 0.264 e. The van der Waals surface area contributed by atoms with E-state index in [0.29, 0.717) is 28.6 Å². The Bertz CT molecular complexity index is 850. The first-order valence-corrected chi connectivity index (χ1v) is 12.7. The summed E-state index contributed by atoms with van der Waals surface area (Å²) in [6.45, 7) is 6.65. The van der Waals surface area contributed by atoms with Gasteiger partial charge >= 0.3 is 0 Å². The molecule has 1 aliphatic carbocycles. The Balaban J connectivity index is 2.01. The van der Waals surface area contributed by atoms with Crippen molar-refractivity contribution < 1.29 is 14.2 Å². The molecule has 164 valence electrons. The number of hydrogen-bond acceptors (Lipinski definition) is 4. The third-order valence-electron chi connectivity index (χ3n) is 6.40. The van der Waals surface area contributed by atoms with Crippen LogP contribution in [-0.4, -0.2) is 25.3 Å². The lowest BCUT2D eigenvalue weighted by molar-refractivity contribution is 0.0427. The van der Waals surface area contributed by atoms with Crippen LogP contribution < -0.4 is 10.2 Å². The maximum atomic E-state index is 14.5. The molecule has 30 heavy (non-hydrogen) atoms. The highest BCUT2D eigenvalue weighted by molar-refractivity contribution is 7.67. The molecule has 2 aromatic carbocycles. The van der Waals surface area contributed by atoms with Crippen LogP contribution in [0.15, 0.2) is 54.6 Å². The summed E-state index contributed by atoms with van der Waals surface area (Å²) in [6, 6.07) is 16.8. The Hall–Kier alpha value is -1.61. The summed E-state index contributed by atoms with van der Waals surface area (Å²) < 4.78 is 21.0. The minimum atomic E-state index is -3.57. The maximum absolute atomic E-state index is 14.5. The zero-order valence-corrected chi connectivity index (χ0v) is 19.8. The van der Waals surface area contributed by atoms with Crippen LogP contribution in [0.2, 0.25) is 0 Å². The van der Waals surface area contributed by atoms with Crippen molar-refractivity contribution in [1.82, 2.24) is 0 Å². The van der Waals surface area contributed by atoms with Crippen molar-refractivity contribution in [2.45, 2.75) is 52.0 Å². The van der Waals surface area contributed by atoms with E-state index in [1.807, 2.05) is 73.6 Å². The van der Waals surface area contributed by atoms with Gasteiger partial charge < -0.3 is 14.5 Å². The predicted octanol–water partition coefficient (Wildman–Crippen LogP) is 5.82. The SMILES string of the molecule is CC(C)[C@H]1CC[C@H](C)C[C@@H]1OP(=O)(c1ccc(N(C)C)cc1)C(O)c1ccccc1. The molecule has 2 aromatic rings. The third-order valence-corrected chi connectivity index (χ3v) is 8.94. The number of benzene rings is 2. The lowest BCUT2D eigenvalue weighted by Crippen LogP contribution is -2.35. The molecule has 0 heterocycles. The van der Waals surface area contributed by atoms with Gasteiger partial charge in [-0.15, -0.1) is 0 Å². The largest absolute Gasteiger partial charge is 0.378 e. The molecule has 3 rings (SSSR count). The second-order valence-corrected chi connectivity index (χ2v) is 11.7. The van der Waals surface area contributed by atoms with E-state index in [4.69, 9.17) is 4.52 Å². The highest BCUT2D eigenvalue weighted by atomic mass is 31.2. The van der Waals surface area contributed by atoms with Crippen molar-refractivity contribution in [3.8, 4) is 0 Å². The predicted molar refractivity (Wildman–Crippen MR) is 126 cm³/mol. The molecular formula is C25H36NO3P. The molecular weight excluding hydrogens is 393 g/mol. The molecule has 2 unspecified atom stereocenters. The number of aliphatic hydroxyl groups excluding tert-OH is 1. The van der Waals surface area contributed by atoms with E-state index < -0.39 is 13.2 Å². The van der Waals surface area contributed by atoms with Crippen LogP contribution in [0, 0.1) is 17.8 Å². The van der Waals surface area contributed by atoms with Gasteiger partial charge in [-0.05, 0) is 60.4 Å². The summed E-state index contributed by atoms with van der Waals surface area (Å²) in [6.07, 6.45) is 3.01. The Labute approximate surface area is 181 Å². The fourth-order valence-corrected chi connectivity index (χ4v) is 6.77. The lowest BCUT2D eigenvalue weighted by Gasteiger charge is -2.40. The number of hydrogen-bond donors (Lipinski definition) is 1. The second-order valence-electron chi connectivity index (χ2n) is 9.26. The quantitative estimate of drug-likeness (QED) is 0.563. The summed E-state index contributed by atoms with van der Waals surface area (Å²) >= 11 is 0. The molecule has 0 radical (unpaired) electrons. The van der Waals surface area contributed by atoms with Crippen LogP contribution in [0.4, 0.5) is 5.69 Å². The first-order chi connectivity index (χ1) is 14.2. The minimum absolute atomic E-state index is 0.119. The van der Waals surface area contributed by atoms with Crippen molar-refractivity contribution in [2.75, 3.05) is 19.0 Å². The van der Waals surface area contributed by atoms with Crippen LogP contribution in [0.3, 0.4) is 0 Å². The van der Waals surface area contributed by atoms with E-state index in [2.05, 4.69) is 20.8 Å². The molecule has 4 nitrogen and oxygen atoms in total. The van der Waals surface area contributed by atoms with Gasteiger partial charge in [0, 0.05) is 25.1 Å². The van der Waals surface area contributed by atoms with E-state index in [-0.39, 0.29) is 6.10 Å². The first kappa shape index (κ1) is 23.1. The summed E-state index contributed by atoms with van der Waals surface area (Å²) in [7, 11) is 0.376. The van der Waals surface area contributed by atoms with E-state index in [1.165, 1.54) is 6.42 Å². The molecule has 0 aromatic heterocycles. The zero-order chi connectivity index (χ0) is 21.9. The average Bonchev–Trinajstić information content (AvgIpc) is 2.73. The molecule has 0 saturated heterocycles. The van der Waals surface area contributed by atoms with Gasteiger partial charge in [-0.25, -0.2) is 0 Å². The van der Waals surface area contributed by atoms with Crippen molar-refractivity contribution in [3.63, 3.8) is 0 Å². The van der Waals surface area contributed by atoms with Crippen LogP contribution in [-0.2, 0) is 9.09 Å². The van der Waals surface area contributed by atoms with Gasteiger partial charge in [-0.2, -0.15) is 0 Å². The van der Waals surface area contributed by atoms with Gasteiger partial charge in [0.1, 0.15) is 0 Å². The highest BCUT2D eigenvalue weighted by Crippen LogP contribution is 2.60. The van der Waals surface area contributed by atoms with Gasteiger partial charge in [0.2, 0.25) is 0 Å². The maximum Gasteiger partial charge on any atom is 0.264 e. The standard InChI is InChI=1S/C25H36NO3P/c1-18(2)23-16-11-19(3)17-24(23)29-30(28,25(27)20-9-7-6-8-10-20)22-14-12-21(13-15-22)26(4)5/h6-10,12-15,18-19,23-25,27H,11,16-17H2,1-5H3/t19-,23+,24-,25?,30?/m0/s1. The fraction of sp³-hybridized carbons (Fsp3) is 0.520. The van der Waals surface area contributed by atoms with Crippen LogP contribution in [0.1, 0.15) is 51.4 Å². The number of aliphatic hydroxyl groups is 1. The molecule has 0 aliphatic heterocycles. The van der Waals surface area contributed by atoms with E-state index in [0.717, 1.165) is 18.5 Å². The molecule has 1 saturated carbocycles. The topological polar surface area (TPSA) is 49.8 Å².